The Balaban J connectivity index is 0.000000531. The van der Waals surface area contributed by atoms with Crippen molar-refractivity contribution in [3.8, 4) is 0 Å². The molecule has 0 heterocycles. The van der Waals surface area contributed by atoms with Crippen LogP contribution in [-0.2, 0) is 0 Å². The quantitative estimate of drug-likeness (QED) is 0.611. The summed E-state index contributed by atoms with van der Waals surface area (Å²) in [6, 6.07) is 6.42. The first kappa shape index (κ1) is 12.4. The van der Waals surface area contributed by atoms with Gasteiger partial charge in [-0.15, -0.1) is 11.8 Å². The lowest BCUT2D eigenvalue weighted by molar-refractivity contribution is 1.12. The maximum atomic E-state index is 6.09. The van der Waals surface area contributed by atoms with Crippen LogP contribution in [-0.4, -0.2) is 5.75 Å². The zero-order chi connectivity index (χ0) is 11.3. The topological polar surface area (TPSA) is 26.0 Å². The molecule has 0 radical (unpaired) electrons. The number of rotatable bonds is 3. The first-order valence-electron chi connectivity index (χ1n) is 5.84. The van der Waals surface area contributed by atoms with Gasteiger partial charge in [0.05, 0.1) is 0 Å². The lowest BCUT2D eigenvalue weighted by Crippen LogP contribution is -1.94. The molecule has 0 aliphatic heterocycles. The van der Waals surface area contributed by atoms with Gasteiger partial charge in [0, 0.05) is 10.6 Å². The van der Waals surface area contributed by atoms with Crippen molar-refractivity contribution in [2.45, 2.75) is 44.4 Å². The molecule has 2 heteroatoms. The van der Waals surface area contributed by atoms with Gasteiger partial charge in [-0.2, -0.15) is 0 Å². The highest BCUT2D eigenvalue weighted by atomic mass is 32.2. The molecule has 1 aromatic rings. The molecule has 1 saturated carbocycles. The van der Waals surface area contributed by atoms with E-state index in [-0.39, 0.29) is 0 Å². The lowest BCUT2D eigenvalue weighted by atomic mass is 10.1. The van der Waals surface area contributed by atoms with Gasteiger partial charge in [0.15, 0.2) is 0 Å². The summed E-state index contributed by atoms with van der Waals surface area (Å²) >= 11 is 1.84. The van der Waals surface area contributed by atoms with Crippen molar-refractivity contribution in [2.75, 3.05) is 11.5 Å². The van der Waals surface area contributed by atoms with E-state index in [2.05, 4.69) is 25.1 Å². The van der Waals surface area contributed by atoms with E-state index < -0.39 is 0 Å². The molecule has 1 fully saturated rings. The molecule has 0 saturated heterocycles. The van der Waals surface area contributed by atoms with E-state index in [1.54, 1.807) is 0 Å². The molecule has 0 unspecified atom stereocenters. The second-order valence-corrected chi connectivity index (χ2v) is 4.77. The highest BCUT2D eigenvalue weighted by molar-refractivity contribution is 7.99. The molecular formula is C13H21NS. The van der Waals surface area contributed by atoms with Gasteiger partial charge in [0.25, 0.3) is 0 Å². The number of thioether (sulfide) groups is 1. The Morgan fingerprint density at radius 2 is 2.00 bits per heavy atom. The van der Waals surface area contributed by atoms with Crippen molar-refractivity contribution >= 4 is 17.4 Å². The first-order chi connectivity index (χ1) is 7.33. The van der Waals surface area contributed by atoms with Crippen molar-refractivity contribution in [1.29, 1.82) is 0 Å². The molecule has 1 aliphatic carbocycles. The van der Waals surface area contributed by atoms with Gasteiger partial charge in [-0.25, -0.2) is 0 Å². The Hall–Kier alpha value is -0.630. The molecule has 15 heavy (non-hydrogen) atoms. The predicted octanol–water partition coefficient (Wildman–Crippen LogP) is 4.28. The summed E-state index contributed by atoms with van der Waals surface area (Å²) in [5.41, 5.74) is 8.49. The van der Waals surface area contributed by atoms with Crippen LogP contribution >= 0.6 is 11.8 Å². The van der Waals surface area contributed by atoms with E-state index in [1.165, 1.54) is 23.3 Å². The van der Waals surface area contributed by atoms with Crippen LogP contribution in [0.3, 0.4) is 0 Å². The van der Waals surface area contributed by atoms with Gasteiger partial charge in [0.2, 0.25) is 0 Å². The fourth-order valence-corrected chi connectivity index (χ4v) is 2.35. The molecule has 1 nitrogen and oxygen atoms in total. The Kier molecular flexibility index (Phi) is 5.03. The van der Waals surface area contributed by atoms with E-state index in [0.717, 1.165) is 17.4 Å². The molecule has 2 rings (SSSR count). The first-order valence-corrected chi connectivity index (χ1v) is 6.82. The van der Waals surface area contributed by atoms with Crippen LogP contribution in [0.4, 0.5) is 5.69 Å². The normalized spacial score (nSPS) is 14.3. The van der Waals surface area contributed by atoms with E-state index in [1.807, 2.05) is 25.6 Å². The molecule has 2 N–H and O–H groups in total. The monoisotopic (exact) mass is 223 g/mol. The van der Waals surface area contributed by atoms with Crippen molar-refractivity contribution in [3.05, 3.63) is 23.8 Å². The third kappa shape index (κ3) is 3.16. The van der Waals surface area contributed by atoms with Crippen LogP contribution in [0.25, 0.3) is 0 Å². The summed E-state index contributed by atoms with van der Waals surface area (Å²) in [6.45, 7) is 6.16. The second kappa shape index (κ2) is 6.06. The summed E-state index contributed by atoms with van der Waals surface area (Å²) in [5, 5.41) is 0. The van der Waals surface area contributed by atoms with Gasteiger partial charge < -0.3 is 5.73 Å². The van der Waals surface area contributed by atoms with E-state index in [9.17, 15) is 0 Å². The van der Waals surface area contributed by atoms with Crippen LogP contribution < -0.4 is 5.73 Å². The average molecular weight is 223 g/mol. The minimum Gasteiger partial charge on any atom is -0.398 e. The van der Waals surface area contributed by atoms with Gasteiger partial charge in [-0.3, -0.25) is 0 Å². The van der Waals surface area contributed by atoms with Gasteiger partial charge in [-0.05, 0) is 36.1 Å². The van der Waals surface area contributed by atoms with Crippen molar-refractivity contribution in [2.24, 2.45) is 0 Å². The number of hydrogen-bond acceptors (Lipinski definition) is 2. The zero-order valence-electron chi connectivity index (χ0n) is 9.92. The van der Waals surface area contributed by atoms with Crippen LogP contribution in [0.2, 0.25) is 0 Å². The summed E-state index contributed by atoms with van der Waals surface area (Å²) in [7, 11) is 0. The Morgan fingerprint density at radius 1 is 1.33 bits per heavy atom. The van der Waals surface area contributed by atoms with Crippen molar-refractivity contribution in [1.82, 2.24) is 0 Å². The highest BCUT2D eigenvalue weighted by Gasteiger charge is 2.25. The number of para-hydroxylation sites is 1. The van der Waals surface area contributed by atoms with Crippen LogP contribution in [0.15, 0.2) is 23.1 Å². The molecule has 0 atom stereocenters. The fraction of sp³-hybridized carbons (Fsp3) is 0.538. The number of hydrogen-bond donors (Lipinski definition) is 1. The molecule has 0 bridgehead atoms. The van der Waals surface area contributed by atoms with E-state index >= 15 is 0 Å². The molecular weight excluding hydrogens is 202 g/mol. The molecule has 0 spiro atoms. The van der Waals surface area contributed by atoms with Gasteiger partial charge in [0.1, 0.15) is 0 Å². The number of anilines is 1. The van der Waals surface area contributed by atoms with Gasteiger partial charge in [-0.1, -0.05) is 32.9 Å². The predicted molar refractivity (Wildman–Crippen MR) is 70.6 cm³/mol. The SMILES string of the molecule is CC.CCSc1cccc(C2CC2)c1N. The van der Waals surface area contributed by atoms with Gasteiger partial charge >= 0.3 is 0 Å². The van der Waals surface area contributed by atoms with Crippen molar-refractivity contribution < 1.29 is 0 Å². The zero-order valence-corrected chi connectivity index (χ0v) is 10.7. The van der Waals surface area contributed by atoms with Crippen LogP contribution in [0, 0.1) is 0 Å². The minimum absolute atomic E-state index is 0.761. The Bertz CT molecular complexity index is 305. The summed E-state index contributed by atoms with van der Waals surface area (Å²) < 4.78 is 0. The smallest absolute Gasteiger partial charge is 0.0487 e. The van der Waals surface area contributed by atoms with Crippen molar-refractivity contribution in [3.63, 3.8) is 0 Å². The maximum Gasteiger partial charge on any atom is 0.0487 e. The summed E-state index contributed by atoms with van der Waals surface area (Å²) in [4.78, 5) is 1.26. The van der Waals surface area contributed by atoms with E-state index in [4.69, 9.17) is 5.73 Å². The molecule has 1 aromatic carbocycles. The standard InChI is InChI=1S/C11H15NS.C2H6/c1-2-13-10-5-3-4-9(11(10)12)8-6-7-8;1-2/h3-5,8H,2,6-7,12H2,1H3;1-2H3. The lowest BCUT2D eigenvalue weighted by Gasteiger charge is -2.08. The minimum atomic E-state index is 0.761. The largest absolute Gasteiger partial charge is 0.398 e. The summed E-state index contributed by atoms with van der Waals surface area (Å²) in [6.07, 6.45) is 2.65. The highest BCUT2D eigenvalue weighted by Crippen LogP contribution is 2.44. The fourth-order valence-electron chi connectivity index (χ4n) is 1.59. The third-order valence-corrected chi connectivity index (χ3v) is 3.37. The third-order valence-electron chi connectivity index (χ3n) is 2.42. The Morgan fingerprint density at radius 3 is 2.53 bits per heavy atom. The van der Waals surface area contributed by atoms with Crippen LogP contribution in [0.5, 0.6) is 0 Å². The molecule has 0 amide bonds. The summed E-state index contributed by atoms with van der Waals surface area (Å²) in [5.74, 6) is 1.86. The second-order valence-electron chi connectivity index (χ2n) is 3.47. The number of nitrogen functional groups attached to an aromatic ring is 1. The van der Waals surface area contributed by atoms with Crippen LogP contribution in [0.1, 0.15) is 45.1 Å². The molecule has 1 aliphatic rings. The number of benzene rings is 1. The molecule has 84 valence electrons. The Labute approximate surface area is 97.4 Å². The maximum absolute atomic E-state index is 6.09. The number of nitrogens with two attached hydrogens (primary N) is 1. The van der Waals surface area contributed by atoms with E-state index in [0.29, 0.717) is 0 Å². The average Bonchev–Trinajstić information content (AvgIpc) is 3.08. The molecule has 0 aromatic heterocycles.